The molecule has 0 aromatic carbocycles. The van der Waals surface area contributed by atoms with Gasteiger partial charge < -0.3 is 4.84 Å². The van der Waals surface area contributed by atoms with Crippen molar-refractivity contribution in [2.75, 3.05) is 0 Å². The van der Waals surface area contributed by atoms with Crippen LogP contribution in [0.2, 0.25) is 0 Å². The first kappa shape index (κ1) is 8.86. The number of hydrazine groups is 1. The van der Waals surface area contributed by atoms with Crippen molar-refractivity contribution >= 4 is 11.9 Å². The van der Waals surface area contributed by atoms with Crippen molar-refractivity contribution < 1.29 is 14.4 Å². The van der Waals surface area contributed by atoms with Crippen LogP contribution in [0.15, 0.2) is 0 Å². The Bertz CT molecular complexity index is 120. The van der Waals surface area contributed by atoms with Crippen LogP contribution in [0.4, 0.5) is 0 Å². The molecule has 0 bridgehead atoms. The molecule has 0 aliphatic rings. The quantitative estimate of drug-likeness (QED) is 0.247. The summed E-state index contributed by atoms with van der Waals surface area (Å²) in [4.78, 5) is 24.4. The van der Waals surface area contributed by atoms with E-state index in [0.717, 1.165) is 0 Å². The molecule has 0 saturated carbocycles. The van der Waals surface area contributed by atoms with Crippen molar-refractivity contribution in [3.63, 3.8) is 0 Å². The van der Waals surface area contributed by atoms with Gasteiger partial charge in [-0.1, -0.05) is 0 Å². The third-order valence-corrected chi connectivity index (χ3v) is 0.849. The van der Waals surface area contributed by atoms with E-state index in [1.54, 1.807) is 0 Å². The van der Waals surface area contributed by atoms with Gasteiger partial charge in [0.2, 0.25) is 5.91 Å². The smallest absolute Gasteiger partial charge is 0.324 e. The van der Waals surface area contributed by atoms with E-state index in [4.69, 9.17) is 5.84 Å². The van der Waals surface area contributed by atoms with Gasteiger partial charge in [0.25, 0.3) is 0 Å². The third kappa shape index (κ3) is 3.81. The fraction of sp³-hybridized carbons (Fsp3) is 0.500. The Kier molecular flexibility index (Phi) is 4.17. The monoisotopic (exact) mass is 147 g/mol. The van der Waals surface area contributed by atoms with Crippen molar-refractivity contribution in [1.29, 1.82) is 0 Å². The minimum Gasteiger partial charge on any atom is -0.373 e. The summed E-state index contributed by atoms with van der Waals surface area (Å²) in [6, 6.07) is 0. The molecule has 0 unspecified atom stereocenters. The Balaban J connectivity index is 3.35. The molecule has 5 N–H and O–H groups in total. The van der Waals surface area contributed by atoms with Gasteiger partial charge in [-0.3, -0.25) is 15.0 Å². The average Bonchev–Trinajstić information content (AvgIpc) is 1.99. The van der Waals surface area contributed by atoms with Crippen LogP contribution in [0.25, 0.3) is 0 Å². The van der Waals surface area contributed by atoms with Crippen molar-refractivity contribution in [3.05, 3.63) is 0 Å². The maximum absolute atomic E-state index is 10.3. The van der Waals surface area contributed by atoms with Gasteiger partial charge in [0.05, 0.1) is 6.42 Å². The maximum atomic E-state index is 10.3. The molecule has 0 heterocycles. The minimum atomic E-state index is -0.636. The third-order valence-electron chi connectivity index (χ3n) is 0.849. The van der Waals surface area contributed by atoms with Crippen LogP contribution in [0.5, 0.6) is 0 Å². The molecule has 0 saturated heterocycles. The number of nitrogens with one attached hydrogen (secondary N) is 1. The standard InChI is InChI=1S/C4H9N3O3/c5-7-3(8)1-2-4(9)10-6/h1-2,5-6H2,(H,7,8). The number of rotatable bonds is 3. The second-order valence-electron chi connectivity index (χ2n) is 1.56. The summed E-state index contributed by atoms with van der Waals surface area (Å²) in [5.41, 5.74) is 1.86. The molecule has 0 rings (SSSR count). The largest absolute Gasteiger partial charge is 0.373 e. The summed E-state index contributed by atoms with van der Waals surface area (Å²) in [6.45, 7) is 0. The van der Waals surface area contributed by atoms with Crippen LogP contribution in [-0.2, 0) is 14.4 Å². The van der Waals surface area contributed by atoms with Gasteiger partial charge in [-0.25, -0.2) is 5.84 Å². The molecule has 0 fully saturated rings. The molecular formula is C4H9N3O3. The predicted octanol–water partition coefficient (Wildman–Crippen LogP) is -1.83. The first-order valence-corrected chi connectivity index (χ1v) is 2.59. The zero-order valence-corrected chi connectivity index (χ0v) is 5.29. The van der Waals surface area contributed by atoms with Gasteiger partial charge in [-0.05, 0) is 0 Å². The molecule has 0 aromatic rings. The molecule has 0 atom stereocenters. The Morgan fingerprint density at radius 2 is 2.00 bits per heavy atom. The fourth-order valence-corrected chi connectivity index (χ4v) is 0.347. The molecule has 0 aliphatic heterocycles. The second kappa shape index (κ2) is 4.71. The topological polar surface area (TPSA) is 107 Å². The lowest BCUT2D eigenvalue weighted by Crippen LogP contribution is -2.30. The number of carbonyl (C=O) groups excluding carboxylic acids is 2. The molecule has 0 radical (unpaired) electrons. The van der Waals surface area contributed by atoms with Crippen molar-refractivity contribution in [1.82, 2.24) is 5.43 Å². The summed E-state index contributed by atoms with van der Waals surface area (Å²) >= 11 is 0. The van der Waals surface area contributed by atoms with Crippen molar-refractivity contribution in [2.24, 2.45) is 11.7 Å². The van der Waals surface area contributed by atoms with Gasteiger partial charge in [-0.15, -0.1) is 0 Å². The fourth-order valence-electron chi connectivity index (χ4n) is 0.347. The number of amides is 1. The SMILES string of the molecule is NNC(=O)CCC(=O)ON. The van der Waals surface area contributed by atoms with Crippen LogP contribution in [0.3, 0.4) is 0 Å². The molecule has 0 aliphatic carbocycles. The van der Waals surface area contributed by atoms with Crippen molar-refractivity contribution in [3.8, 4) is 0 Å². The van der Waals surface area contributed by atoms with E-state index in [1.807, 2.05) is 5.43 Å². The van der Waals surface area contributed by atoms with Gasteiger partial charge >= 0.3 is 5.97 Å². The summed E-state index contributed by atoms with van der Waals surface area (Å²) < 4.78 is 0. The number of carbonyl (C=O) groups is 2. The summed E-state index contributed by atoms with van der Waals surface area (Å²) in [5, 5.41) is 0. The maximum Gasteiger partial charge on any atom is 0.324 e. The van der Waals surface area contributed by atoms with Crippen LogP contribution < -0.4 is 17.2 Å². The molecule has 0 aromatic heterocycles. The highest BCUT2D eigenvalue weighted by Gasteiger charge is 2.04. The second-order valence-corrected chi connectivity index (χ2v) is 1.56. The predicted molar refractivity (Wildman–Crippen MR) is 31.8 cm³/mol. The van der Waals surface area contributed by atoms with Gasteiger partial charge in [0, 0.05) is 6.42 Å². The summed E-state index contributed by atoms with van der Waals surface area (Å²) in [5.74, 6) is 8.14. The Labute approximate surface area is 57.4 Å². The van der Waals surface area contributed by atoms with Crippen LogP contribution in [0.1, 0.15) is 12.8 Å². The van der Waals surface area contributed by atoms with E-state index >= 15 is 0 Å². The van der Waals surface area contributed by atoms with E-state index in [9.17, 15) is 9.59 Å². The average molecular weight is 147 g/mol. The zero-order valence-electron chi connectivity index (χ0n) is 5.29. The first-order valence-electron chi connectivity index (χ1n) is 2.59. The number of nitrogens with two attached hydrogens (primary N) is 2. The molecule has 6 heteroatoms. The minimum absolute atomic E-state index is 0.00741. The molecule has 6 nitrogen and oxygen atoms in total. The number of hydrogen-bond donors (Lipinski definition) is 3. The van der Waals surface area contributed by atoms with Gasteiger partial charge in [0.15, 0.2) is 0 Å². The Morgan fingerprint density at radius 1 is 1.40 bits per heavy atom. The highest BCUT2D eigenvalue weighted by Crippen LogP contribution is 1.88. The van der Waals surface area contributed by atoms with E-state index in [2.05, 4.69) is 10.7 Å². The molecule has 10 heavy (non-hydrogen) atoms. The summed E-state index contributed by atoms with van der Waals surface area (Å²) in [6.07, 6.45) is -0.0634. The van der Waals surface area contributed by atoms with Gasteiger partial charge in [0.1, 0.15) is 0 Å². The first-order chi connectivity index (χ1) is 4.70. The van der Waals surface area contributed by atoms with Gasteiger partial charge in [-0.2, -0.15) is 5.90 Å². The molecular weight excluding hydrogens is 138 g/mol. The van der Waals surface area contributed by atoms with Crippen molar-refractivity contribution in [2.45, 2.75) is 12.8 Å². The number of hydrogen-bond acceptors (Lipinski definition) is 5. The van der Waals surface area contributed by atoms with E-state index in [-0.39, 0.29) is 12.8 Å². The van der Waals surface area contributed by atoms with E-state index < -0.39 is 11.9 Å². The van der Waals surface area contributed by atoms with Crippen LogP contribution in [0, 0.1) is 0 Å². The highest BCUT2D eigenvalue weighted by atomic mass is 16.7. The molecule has 0 spiro atoms. The lowest BCUT2D eigenvalue weighted by atomic mass is 10.3. The molecule has 58 valence electrons. The highest BCUT2D eigenvalue weighted by molar-refractivity contribution is 5.80. The van der Waals surface area contributed by atoms with E-state index in [1.165, 1.54) is 0 Å². The summed E-state index contributed by atoms with van der Waals surface area (Å²) in [7, 11) is 0. The Hall–Kier alpha value is -1.14. The Morgan fingerprint density at radius 3 is 2.40 bits per heavy atom. The zero-order chi connectivity index (χ0) is 7.98. The van der Waals surface area contributed by atoms with E-state index in [0.29, 0.717) is 0 Å². The normalized spacial score (nSPS) is 8.60. The van der Waals surface area contributed by atoms with Crippen LogP contribution in [-0.4, -0.2) is 11.9 Å². The lowest BCUT2D eigenvalue weighted by Gasteiger charge is -1.96. The molecule has 1 amide bonds. The lowest BCUT2D eigenvalue weighted by molar-refractivity contribution is -0.145. The van der Waals surface area contributed by atoms with Crippen LogP contribution >= 0.6 is 0 Å².